The minimum absolute atomic E-state index is 0.155. The predicted octanol–water partition coefficient (Wildman–Crippen LogP) is 1.43. The fourth-order valence-electron chi connectivity index (χ4n) is 1.07. The van der Waals surface area contributed by atoms with Gasteiger partial charge in [0, 0.05) is 19.8 Å². The van der Waals surface area contributed by atoms with E-state index in [9.17, 15) is 4.79 Å². The van der Waals surface area contributed by atoms with Gasteiger partial charge in [0.15, 0.2) is 0 Å². The van der Waals surface area contributed by atoms with E-state index in [0.717, 1.165) is 26.2 Å². The maximum Gasteiger partial charge on any atom is 0.262 e. The van der Waals surface area contributed by atoms with E-state index in [1.54, 1.807) is 6.08 Å². The Morgan fingerprint density at radius 2 is 2.08 bits per heavy atom. The molecule has 2 aliphatic heterocycles. The largest absolute Gasteiger partial charge is 0.381 e. The molecule has 13 heavy (non-hydrogen) atoms. The first-order chi connectivity index (χ1) is 6.30. The summed E-state index contributed by atoms with van der Waals surface area (Å²) in [5.41, 5.74) is 0. The molecule has 1 fully saturated rings. The number of halogens is 1. The first-order valence-corrected chi connectivity index (χ1v) is 4.90. The van der Waals surface area contributed by atoms with Crippen molar-refractivity contribution in [2.24, 2.45) is 0 Å². The summed E-state index contributed by atoms with van der Waals surface area (Å²) >= 11 is 5.42. The molecule has 1 N–H and O–H groups in total. The van der Waals surface area contributed by atoms with Gasteiger partial charge in [-0.25, -0.2) is 0 Å². The normalized spacial score (nSPS) is 21.3. The van der Waals surface area contributed by atoms with Crippen LogP contribution in [0.15, 0.2) is 11.1 Å². The monoisotopic (exact) mass is 203 g/mol. The number of hydrogen-bond donors (Lipinski definition) is 1. The summed E-state index contributed by atoms with van der Waals surface area (Å²) < 4.78 is 4.94. The highest BCUT2D eigenvalue weighted by atomic mass is 35.5. The lowest BCUT2D eigenvalue weighted by Gasteiger charge is -2.06. The molecule has 2 heterocycles. The van der Waals surface area contributed by atoms with Crippen molar-refractivity contribution in [2.75, 3.05) is 19.8 Å². The second-order valence-electron chi connectivity index (χ2n) is 2.92. The minimum Gasteiger partial charge on any atom is -0.381 e. The van der Waals surface area contributed by atoms with E-state index in [-0.39, 0.29) is 5.91 Å². The Morgan fingerprint density at radius 1 is 1.38 bits per heavy atom. The van der Waals surface area contributed by atoms with Crippen molar-refractivity contribution >= 4 is 17.5 Å². The molecule has 0 aromatic carbocycles. The van der Waals surface area contributed by atoms with Gasteiger partial charge in [-0.3, -0.25) is 4.79 Å². The third-order valence-corrected chi connectivity index (χ3v) is 2.12. The van der Waals surface area contributed by atoms with Crippen LogP contribution in [-0.2, 0) is 9.53 Å². The fraction of sp³-hybridized carbons (Fsp3) is 0.667. The van der Waals surface area contributed by atoms with Crippen LogP contribution in [0.1, 0.15) is 19.3 Å². The van der Waals surface area contributed by atoms with Crippen molar-refractivity contribution in [3.05, 3.63) is 11.1 Å². The van der Waals surface area contributed by atoms with Gasteiger partial charge in [0.05, 0.1) is 0 Å². The van der Waals surface area contributed by atoms with Gasteiger partial charge in [0.25, 0.3) is 5.91 Å². The van der Waals surface area contributed by atoms with E-state index < -0.39 is 0 Å². The Hall–Kier alpha value is -0.540. The van der Waals surface area contributed by atoms with Crippen molar-refractivity contribution in [3.8, 4) is 0 Å². The van der Waals surface area contributed by atoms with Gasteiger partial charge in [-0.15, -0.1) is 0 Å². The predicted molar refractivity (Wildman–Crippen MR) is 51.6 cm³/mol. The summed E-state index contributed by atoms with van der Waals surface area (Å²) in [5, 5.41) is 2.91. The zero-order chi connectivity index (χ0) is 9.52. The lowest BCUT2D eigenvalue weighted by molar-refractivity contribution is -0.117. The van der Waals surface area contributed by atoms with Gasteiger partial charge in [0.1, 0.15) is 5.03 Å². The molecule has 0 aliphatic carbocycles. The van der Waals surface area contributed by atoms with E-state index in [1.165, 1.54) is 12.8 Å². The lowest BCUT2D eigenvalue weighted by Crippen LogP contribution is -2.27. The molecule has 0 spiro atoms. The molecule has 0 aromatic heterocycles. The highest BCUT2D eigenvalue weighted by Gasteiger charge is 2.07. The molecular formula is C9H14ClNO2. The summed E-state index contributed by atoms with van der Waals surface area (Å²) in [7, 11) is 0. The molecule has 4 heteroatoms. The summed E-state index contributed by atoms with van der Waals surface area (Å²) in [6.45, 7) is 2.72. The highest BCUT2D eigenvalue weighted by Crippen LogP contribution is 2.05. The lowest BCUT2D eigenvalue weighted by atomic mass is 10.3. The molecule has 74 valence electrons. The molecule has 2 rings (SSSR count). The van der Waals surface area contributed by atoms with Crippen LogP contribution in [0.25, 0.3) is 0 Å². The standard InChI is InChI=1S/C5H6ClNO.C4H8O/c6-4-2-1-3-7-5(4)8;1-2-4-5-3-1/h2H,1,3H2,(H,7,8);1-4H2. The topological polar surface area (TPSA) is 38.3 Å². The molecule has 0 saturated carbocycles. The van der Waals surface area contributed by atoms with Gasteiger partial charge in [-0.05, 0) is 19.3 Å². The van der Waals surface area contributed by atoms with Gasteiger partial charge >= 0.3 is 0 Å². The van der Waals surface area contributed by atoms with Crippen LogP contribution in [-0.4, -0.2) is 25.7 Å². The summed E-state index contributed by atoms with van der Waals surface area (Å²) in [4.78, 5) is 10.5. The van der Waals surface area contributed by atoms with Crippen LogP contribution < -0.4 is 5.32 Å². The number of hydrogen-bond acceptors (Lipinski definition) is 2. The van der Waals surface area contributed by atoms with Crippen LogP contribution in [0.4, 0.5) is 0 Å². The van der Waals surface area contributed by atoms with E-state index in [2.05, 4.69) is 5.32 Å². The highest BCUT2D eigenvalue weighted by molar-refractivity contribution is 6.42. The van der Waals surface area contributed by atoms with E-state index in [1.807, 2.05) is 0 Å². The van der Waals surface area contributed by atoms with Crippen LogP contribution >= 0.6 is 11.6 Å². The second-order valence-corrected chi connectivity index (χ2v) is 3.32. The van der Waals surface area contributed by atoms with Gasteiger partial charge in [-0.1, -0.05) is 17.7 Å². The quantitative estimate of drug-likeness (QED) is 0.647. The first kappa shape index (κ1) is 10.5. The zero-order valence-corrected chi connectivity index (χ0v) is 8.27. The van der Waals surface area contributed by atoms with Crippen LogP contribution in [0.5, 0.6) is 0 Å². The number of ether oxygens (including phenoxy) is 1. The van der Waals surface area contributed by atoms with Crippen LogP contribution in [0, 0.1) is 0 Å². The third-order valence-electron chi connectivity index (χ3n) is 1.80. The summed E-state index contributed by atoms with van der Waals surface area (Å²) in [6, 6.07) is 0. The Labute approximate surface area is 83.1 Å². The summed E-state index contributed by atoms with van der Waals surface area (Å²) in [5.74, 6) is -0.155. The second kappa shape index (κ2) is 6.00. The third kappa shape index (κ3) is 4.29. The Kier molecular flexibility index (Phi) is 4.86. The van der Waals surface area contributed by atoms with E-state index in [4.69, 9.17) is 16.3 Å². The molecule has 0 radical (unpaired) electrons. The molecule has 2 aliphatic rings. The molecule has 0 aromatic rings. The molecule has 0 bridgehead atoms. The van der Waals surface area contributed by atoms with E-state index >= 15 is 0 Å². The van der Waals surface area contributed by atoms with Crippen molar-refractivity contribution < 1.29 is 9.53 Å². The number of carbonyl (C=O) groups excluding carboxylic acids is 1. The van der Waals surface area contributed by atoms with Crippen molar-refractivity contribution in [1.29, 1.82) is 0 Å². The molecular weight excluding hydrogens is 190 g/mol. The smallest absolute Gasteiger partial charge is 0.262 e. The zero-order valence-electron chi connectivity index (χ0n) is 7.51. The van der Waals surface area contributed by atoms with Gasteiger partial charge in [-0.2, -0.15) is 0 Å². The number of nitrogens with one attached hydrogen (secondary N) is 1. The number of rotatable bonds is 0. The molecule has 0 unspecified atom stereocenters. The average Bonchev–Trinajstić information content (AvgIpc) is 2.68. The number of amides is 1. The molecule has 1 saturated heterocycles. The Morgan fingerprint density at radius 3 is 2.38 bits per heavy atom. The van der Waals surface area contributed by atoms with Crippen molar-refractivity contribution in [1.82, 2.24) is 5.32 Å². The molecule has 3 nitrogen and oxygen atoms in total. The van der Waals surface area contributed by atoms with Gasteiger partial charge in [0.2, 0.25) is 0 Å². The maximum absolute atomic E-state index is 10.5. The molecule has 1 amide bonds. The first-order valence-electron chi connectivity index (χ1n) is 4.52. The van der Waals surface area contributed by atoms with Crippen molar-refractivity contribution in [3.63, 3.8) is 0 Å². The number of carbonyl (C=O) groups is 1. The van der Waals surface area contributed by atoms with E-state index in [0.29, 0.717) is 5.03 Å². The Bertz CT molecular complexity index is 192. The van der Waals surface area contributed by atoms with Crippen molar-refractivity contribution in [2.45, 2.75) is 19.3 Å². The fourth-order valence-corrected chi connectivity index (χ4v) is 1.25. The molecule has 0 atom stereocenters. The minimum atomic E-state index is -0.155. The average molecular weight is 204 g/mol. The van der Waals surface area contributed by atoms with Crippen LogP contribution in [0.2, 0.25) is 0 Å². The van der Waals surface area contributed by atoms with Crippen LogP contribution in [0.3, 0.4) is 0 Å². The summed E-state index contributed by atoms with van der Waals surface area (Å²) in [6.07, 6.45) is 5.13. The van der Waals surface area contributed by atoms with Gasteiger partial charge < -0.3 is 10.1 Å². The maximum atomic E-state index is 10.5. The SMILES string of the molecule is C1CCOC1.O=C1NCCC=C1Cl. The Balaban J connectivity index is 0.000000145.